The lowest BCUT2D eigenvalue weighted by molar-refractivity contribution is -0.117. The topological polar surface area (TPSA) is 77.9 Å². The zero-order valence-electron chi connectivity index (χ0n) is 19.5. The Morgan fingerprint density at radius 2 is 1.61 bits per heavy atom. The van der Waals surface area contributed by atoms with Gasteiger partial charge in [0, 0.05) is 11.8 Å². The van der Waals surface area contributed by atoms with Crippen molar-refractivity contribution in [1.29, 1.82) is 0 Å². The number of thiocarbonyl (C=S) groups is 1. The number of rotatable bonds is 7. The van der Waals surface area contributed by atoms with Crippen LogP contribution in [0.1, 0.15) is 16.7 Å². The molecule has 1 amide bonds. The Morgan fingerprint density at radius 3 is 2.28 bits per heavy atom. The zero-order chi connectivity index (χ0) is 26.1. The van der Waals surface area contributed by atoms with Crippen LogP contribution in [0.3, 0.4) is 0 Å². The number of carbonyl (C=O) groups excluding carboxylic acids is 1. The molecule has 3 aromatic rings. The maximum absolute atomic E-state index is 12.4. The van der Waals surface area contributed by atoms with Crippen LogP contribution in [-0.4, -0.2) is 21.0 Å². The molecule has 0 aliphatic heterocycles. The first kappa shape index (κ1) is 27.6. The number of hydrogen-bond donors (Lipinski definition) is 3. The molecule has 10 heteroatoms. The molecule has 186 valence electrons. The summed E-state index contributed by atoms with van der Waals surface area (Å²) in [5, 5.41) is 17.3. The van der Waals surface area contributed by atoms with Crippen LogP contribution in [0.15, 0.2) is 89.1 Å². The summed E-state index contributed by atoms with van der Waals surface area (Å²) < 4.78 is -1.86. The molecule has 0 saturated carbocycles. The molecule has 0 aliphatic carbocycles. The third kappa shape index (κ3) is 8.60. The van der Waals surface area contributed by atoms with Crippen molar-refractivity contribution < 1.29 is 4.79 Å². The number of halogens is 3. The number of nitrogens with zero attached hydrogens (tertiary/aromatic N) is 2. The molecule has 3 aromatic carbocycles. The molecule has 36 heavy (non-hydrogen) atoms. The van der Waals surface area contributed by atoms with Crippen molar-refractivity contribution >= 4 is 81.2 Å². The summed E-state index contributed by atoms with van der Waals surface area (Å²) in [5.41, 5.74) is 5.00. The van der Waals surface area contributed by atoms with Gasteiger partial charge in [-0.15, -0.1) is 0 Å². The van der Waals surface area contributed by atoms with E-state index in [2.05, 4.69) is 26.2 Å². The number of azo groups is 1. The lowest BCUT2D eigenvalue weighted by atomic mass is 10.2. The molecule has 0 unspecified atom stereocenters. The van der Waals surface area contributed by atoms with Gasteiger partial charge in [-0.3, -0.25) is 4.79 Å². The minimum Gasteiger partial charge on any atom is -0.339 e. The third-order valence-electron chi connectivity index (χ3n) is 4.96. The van der Waals surface area contributed by atoms with Crippen LogP contribution < -0.4 is 16.0 Å². The highest BCUT2D eigenvalue weighted by atomic mass is 35.6. The second-order valence-electron chi connectivity index (χ2n) is 7.81. The number of alkyl halides is 3. The lowest BCUT2D eigenvalue weighted by Gasteiger charge is -2.27. The van der Waals surface area contributed by atoms with Crippen LogP contribution >= 0.6 is 47.0 Å². The molecule has 1 atom stereocenters. The number of benzene rings is 3. The highest BCUT2D eigenvalue weighted by Crippen LogP contribution is 2.29. The van der Waals surface area contributed by atoms with Crippen molar-refractivity contribution in [1.82, 2.24) is 10.6 Å². The predicted molar refractivity (Wildman–Crippen MR) is 154 cm³/mol. The quantitative estimate of drug-likeness (QED) is 0.0917. The highest BCUT2D eigenvalue weighted by molar-refractivity contribution is 7.80. The van der Waals surface area contributed by atoms with E-state index in [1.165, 1.54) is 6.08 Å². The predicted octanol–water partition coefficient (Wildman–Crippen LogP) is 7.53. The van der Waals surface area contributed by atoms with Gasteiger partial charge in [0.15, 0.2) is 5.11 Å². The molecule has 0 heterocycles. The molecule has 0 aromatic heterocycles. The molecule has 0 bridgehead atoms. The van der Waals surface area contributed by atoms with Crippen molar-refractivity contribution in [3.05, 3.63) is 95.6 Å². The van der Waals surface area contributed by atoms with Gasteiger partial charge in [-0.25, -0.2) is 0 Å². The Hall–Kier alpha value is -2.97. The Bertz CT molecular complexity index is 1280. The van der Waals surface area contributed by atoms with E-state index in [0.29, 0.717) is 5.69 Å². The Kier molecular flexibility index (Phi) is 9.84. The Labute approximate surface area is 230 Å². The summed E-state index contributed by atoms with van der Waals surface area (Å²) in [6.45, 7) is 3.88. The van der Waals surface area contributed by atoms with E-state index in [1.807, 2.05) is 86.6 Å². The van der Waals surface area contributed by atoms with Gasteiger partial charge >= 0.3 is 0 Å². The van der Waals surface area contributed by atoms with E-state index >= 15 is 0 Å². The second kappa shape index (κ2) is 12.8. The average Bonchev–Trinajstić information content (AvgIpc) is 2.83. The van der Waals surface area contributed by atoms with Crippen LogP contribution in [0.4, 0.5) is 17.1 Å². The minimum atomic E-state index is -1.86. The van der Waals surface area contributed by atoms with E-state index in [-0.39, 0.29) is 5.11 Å². The smallest absolute Gasteiger partial charge is 0.245 e. The van der Waals surface area contributed by atoms with Crippen LogP contribution in [0.25, 0.3) is 6.08 Å². The van der Waals surface area contributed by atoms with Gasteiger partial charge in [0.1, 0.15) is 6.17 Å². The first-order valence-electron chi connectivity index (χ1n) is 10.9. The van der Waals surface area contributed by atoms with Crippen LogP contribution in [-0.2, 0) is 4.79 Å². The number of hydrogen-bond acceptors (Lipinski definition) is 4. The van der Waals surface area contributed by atoms with E-state index in [4.69, 9.17) is 47.0 Å². The van der Waals surface area contributed by atoms with E-state index in [0.717, 1.165) is 28.1 Å². The molecular formula is C26H24Cl3N5OS. The maximum Gasteiger partial charge on any atom is 0.245 e. The second-order valence-corrected chi connectivity index (χ2v) is 10.6. The molecule has 6 nitrogen and oxygen atoms in total. The van der Waals surface area contributed by atoms with Crippen LogP contribution in [0.5, 0.6) is 0 Å². The van der Waals surface area contributed by atoms with Gasteiger partial charge in [-0.1, -0.05) is 83.3 Å². The minimum absolute atomic E-state index is 0.163. The van der Waals surface area contributed by atoms with Crippen molar-refractivity contribution in [3.63, 3.8) is 0 Å². The van der Waals surface area contributed by atoms with E-state index in [1.54, 1.807) is 6.08 Å². The fourth-order valence-electron chi connectivity index (χ4n) is 3.05. The van der Waals surface area contributed by atoms with Gasteiger partial charge < -0.3 is 16.0 Å². The number of aryl methyl sites for hydroxylation is 2. The summed E-state index contributed by atoms with van der Waals surface area (Å²) in [7, 11) is 0. The highest BCUT2D eigenvalue weighted by Gasteiger charge is 2.34. The summed E-state index contributed by atoms with van der Waals surface area (Å²) in [5.74, 6) is -0.454. The standard InChI is InChI=1S/C26H24Cl3N5OS/c1-17-8-6-7-11-22(17)34-33-20-13-14-21(18(2)16-20)30-25(36)32-24(26(27,28)29)31-23(35)15-12-19-9-4-3-5-10-19/h3-16,24H,1-2H3,(H,31,35)(H2,30,32,36)/b15-12+,34-33?/t24-/m0/s1. The molecule has 3 N–H and O–H groups in total. The van der Waals surface area contributed by atoms with Crippen LogP contribution in [0.2, 0.25) is 0 Å². The zero-order valence-corrected chi connectivity index (χ0v) is 22.6. The number of nitrogens with one attached hydrogen (secondary N) is 3. The molecule has 0 aliphatic rings. The first-order valence-corrected chi connectivity index (χ1v) is 12.4. The van der Waals surface area contributed by atoms with E-state index < -0.39 is 15.9 Å². The molecule has 0 fully saturated rings. The van der Waals surface area contributed by atoms with Gasteiger partial charge in [0.2, 0.25) is 9.70 Å². The van der Waals surface area contributed by atoms with E-state index in [9.17, 15) is 4.79 Å². The lowest BCUT2D eigenvalue weighted by Crippen LogP contribution is -2.55. The normalized spacial score (nSPS) is 12.5. The van der Waals surface area contributed by atoms with Gasteiger partial charge in [0.05, 0.1) is 11.4 Å². The summed E-state index contributed by atoms with van der Waals surface area (Å²) in [4.78, 5) is 12.4. The maximum atomic E-state index is 12.4. The SMILES string of the molecule is Cc1ccccc1N=Nc1ccc(NC(=S)N[C@H](NC(=O)/C=C/c2ccccc2)C(Cl)(Cl)Cl)c(C)c1. The Balaban J connectivity index is 1.62. The average molecular weight is 561 g/mol. The van der Waals surface area contributed by atoms with Gasteiger partial charge in [0.25, 0.3) is 0 Å². The summed E-state index contributed by atoms with van der Waals surface area (Å²) in [6.07, 6.45) is 1.92. The molecule has 0 spiro atoms. The number of carbonyl (C=O) groups is 1. The molecule has 0 radical (unpaired) electrons. The molecule has 0 saturated heterocycles. The molecule has 3 rings (SSSR count). The largest absolute Gasteiger partial charge is 0.339 e. The Morgan fingerprint density at radius 1 is 0.917 bits per heavy atom. The molecular weight excluding hydrogens is 537 g/mol. The summed E-state index contributed by atoms with van der Waals surface area (Å²) >= 11 is 23.6. The number of anilines is 1. The number of amides is 1. The monoisotopic (exact) mass is 559 g/mol. The fourth-order valence-corrected chi connectivity index (χ4v) is 3.61. The van der Waals surface area contributed by atoms with Crippen molar-refractivity contribution in [2.75, 3.05) is 5.32 Å². The third-order valence-corrected chi connectivity index (χ3v) is 5.84. The van der Waals surface area contributed by atoms with Crippen molar-refractivity contribution in [3.8, 4) is 0 Å². The van der Waals surface area contributed by atoms with Crippen LogP contribution in [0, 0.1) is 13.8 Å². The fraction of sp³-hybridized carbons (Fsp3) is 0.154. The first-order chi connectivity index (χ1) is 17.1. The van der Waals surface area contributed by atoms with Crippen molar-refractivity contribution in [2.24, 2.45) is 10.2 Å². The van der Waals surface area contributed by atoms with Crippen molar-refractivity contribution in [2.45, 2.75) is 23.8 Å². The summed E-state index contributed by atoms with van der Waals surface area (Å²) in [6, 6.07) is 22.6. The van der Waals surface area contributed by atoms with Gasteiger partial charge in [-0.05, 0) is 73.1 Å². The van der Waals surface area contributed by atoms with Gasteiger partial charge in [-0.2, -0.15) is 10.2 Å².